The molecule has 0 spiro atoms. The van der Waals surface area contributed by atoms with Gasteiger partial charge in [-0.3, -0.25) is 9.59 Å². The van der Waals surface area contributed by atoms with Gasteiger partial charge in [0.25, 0.3) is 5.91 Å². The van der Waals surface area contributed by atoms with Gasteiger partial charge in [-0.2, -0.15) is 0 Å². The maximum Gasteiger partial charge on any atom is 0.252 e. The number of rotatable bonds is 8. The maximum absolute atomic E-state index is 13.0. The molecular weight excluding hydrogens is 354 g/mol. The Kier molecular flexibility index (Phi) is 6.45. The van der Waals surface area contributed by atoms with E-state index in [1.807, 2.05) is 54.7 Å². The van der Waals surface area contributed by atoms with Crippen LogP contribution in [0.4, 0.5) is 0 Å². The summed E-state index contributed by atoms with van der Waals surface area (Å²) >= 11 is 0. The first-order valence-corrected chi connectivity index (χ1v) is 9.27. The molecule has 1 heterocycles. The predicted molar refractivity (Wildman–Crippen MR) is 109 cm³/mol. The molecule has 0 aliphatic heterocycles. The van der Waals surface area contributed by atoms with Gasteiger partial charge in [0, 0.05) is 49.8 Å². The zero-order chi connectivity index (χ0) is 19.9. The van der Waals surface area contributed by atoms with Crippen molar-refractivity contribution in [2.75, 3.05) is 20.8 Å². The molecule has 0 saturated carbocycles. The lowest BCUT2D eigenvalue weighted by Crippen LogP contribution is -2.47. The number of fused-ring (bicyclic) bond motifs is 1. The van der Waals surface area contributed by atoms with Crippen LogP contribution in [0.2, 0.25) is 0 Å². The van der Waals surface area contributed by atoms with Gasteiger partial charge in [-0.1, -0.05) is 36.4 Å². The van der Waals surface area contributed by atoms with Crippen molar-refractivity contribution in [3.8, 4) is 0 Å². The average molecular weight is 379 g/mol. The molecule has 6 heteroatoms. The second-order valence-corrected chi connectivity index (χ2v) is 6.57. The molecule has 1 unspecified atom stereocenters. The Hall–Kier alpha value is -3.12. The first kappa shape index (κ1) is 19.6. The zero-order valence-electron chi connectivity index (χ0n) is 16.1. The fraction of sp³-hybridized carbons (Fsp3) is 0.273. The van der Waals surface area contributed by atoms with Crippen LogP contribution >= 0.6 is 0 Å². The van der Waals surface area contributed by atoms with Crippen molar-refractivity contribution < 1.29 is 14.3 Å². The van der Waals surface area contributed by atoms with E-state index in [-0.39, 0.29) is 11.8 Å². The minimum Gasteiger partial charge on any atom is -0.383 e. The van der Waals surface area contributed by atoms with Crippen LogP contribution in [0.5, 0.6) is 0 Å². The Bertz CT molecular complexity index is 950. The Labute approximate surface area is 164 Å². The van der Waals surface area contributed by atoms with Crippen LogP contribution in [0, 0.1) is 0 Å². The molecule has 0 bridgehead atoms. The van der Waals surface area contributed by atoms with E-state index in [1.54, 1.807) is 20.2 Å². The van der Waals surface area contributed by atoms with Crippen LogP contribution in [0.15, 0.2) is 60.8 Å². The molecule has 3 aromatic rings. The van der Waals surface area contributed by atoms with E-state index in [0.717, 1.165) is 16.5 Å². The van der Waals surface area contributed by atoms with Gasteiger partial charge in [-0.25, -0.2) is 0 Å². The third kappa shape index (κ3) is 4.40. The van der Waals surface area contributed by atoms with Gasteiger partial charge in [0.2, 0.25) is 5.91 Å². The van der Waals surface area contributed by atoms with E-state index in [1.165, 1.54) is 0 Å². The van der Waals surface area contributed by atoms with Gasteiger partial charge in [0.15, 0.2) is 0 Å². The highest BCUT2D eigenvalue weighted by molar-refractivity contribution is 6.07. The Morgan fingerprint density at radius 3 is 2.57 bits per heavy atom. The summed E-state index contributed by atoms with van der Waals surface area (Å²) in [6.45, 7) is 1.30. The number of amides is 2. The number of ether oxygens (including phenoxy) is 1. The quantitative estimate of drug-likeness (QED) is 0.631. The molecule has 6 nitrogen and oxygen atoms in total. The SMILES string of the molecule is CNC(=O)C(Cc1ccccc1)NC(=O)c1cccc2c1ccn2CCOC. The van der Waals surface area contributed by atoms with Crippen LogP contribution in [-0.2, 0) is 22.5 Å². The van der Waals surface area contributed by atoms with Crippen LogP contribution < -0.4 is 10.6 Å². The Morgan fingerprint density at radius 1 is 1.07 bits per heavy atom. The van der Waals surface area contributed by atoms with Gasteiger partial charge < -0.3 is 19.9 Å². The van der Waals surface area contributed by atoms with Crippen molar-refractivity contribution in [1.82, 2.24) is 15.2 Å². The third-order valence-electron chi connectivity index (χ3n) is 4.75. The molecule has 2 N–H and O–H groups in total. The fourth-order valence-corrected chi connectivity index (χ4v) is 3.28. The first-order valence-electron chi connectivity index (χ1n) is 9.27. The molecular formula is C22H25N3O3. The van der Waals surface area contributed by atoms with E-state index in [9.17, 15) is 9.59 Å². The second-order valence-electron chi connectivity index (χ2n) is 6.57. The van der Waals surface area contributed by atoms with E-state index < -0.39 is 6.04 Å². The molecule has 0 fully saturated rings. The number of likely N-dealkylation sites (N-methyl/N-ethyl adjacent to an activating group) is 1. The summed E-state index contributed by atoms with van der Waals surface area (Å²) in [6.07, 6.45) is 2.37. The van der Waals surface area contributed by atoms with E-state index in [0.29, 0.717) is 25.1 Å². The molecule has 146 valence electrons. The molecule has 1 atom stereocenters. The fourth-order valence-electron chi connectivity index (χ4n) is 3.28. The normalized spacial score (nSPS) is 11.9. The molecule has 28 heavy (non-hydrogen) atoms. The predicted octanol–water partition coefficient (Wildman–Crippen LogP) is 2.37. The smallest absolute Gasteiger partial charge is 0.252 e. The van der Waals surface area contributed by atoms with E-state index >= 15 is 0 Å². The van der Waals surface area contributed by atoms with Crippen molar-refractivity contribution >= 4 is 22.7 Å². The number of aromatic nitrogens is 1. The highest BCUT2D eigenvalue weighted by Crippen LogP contribution is 2.20. The number of hydrogen-bond acceptors (Lipinski definition) is 3. The molecule has 0 aliphatic carbocycles. The number of carbonyl (C=O) groups is 2. The molecule has 0 aliphatic rings. The number of nitrogens with zero attached hydrogens (tertiary/aromatic N) is 1. The maximum atomic E-state index is 13.0. The highest BCUT2D eigenvalue weighted by atomic mass is 16.5. The summed E-state index contributed by atoms with van der Waals surface area (Å²) in [5.41, 5.74) is 2.50. The van der Waals surface area contributed by atoms with Gasteiger partial charge in [-0.15, -0.1) is 0 Å². The summed E-state index contributed by atoms with van der Waals surface area (Å²) in [4.78, 5) is 25.3. The Balaban J connectivity index is 1.83. The van der Waals surface area contributed by atoms with Gasteiger partial charge in [-0.05, 0) is 23.8 Å². The number of hydrogen-bond donors (Lipinski definition) is 2. The van der Waals surface area contributed by atoms with Crippen molar-refractivity contribution in [3.63, 3.8) is 0 Å². The summed E-state index contributed by atoms with van der Waals surface area (Å²) in [5.74, 6) is -0.485. The van der Waals surface area contributed by atoms with Gasteiger partial charge >= 0.3 is 0 Å². The standard InChI is InChI=1S/C22H25N3O3/c1-23-22(27)19(15-16-7-4-3-5-8-16)24-21(26)18-9-6-10-20-17(18)11-12-25(20)13-14-28-2/h3-12,19H,13-15H2,1-2H3,(H,23,27)(H,24,26). The van der Waals surface area contributed by atoms with Crippen LogP contribution in [0.25, 0.3) is 10.9 Å². The number of methoxy groups -OCH3 is 1. The number of benzene rings is 2. The topological polar surface area (TPSA) is 72.4 Å². The first-order chi connectivity index (χ1) is 13.6. The van der Waals surface area contributed by atoms with E-state index in [4.69, 9.17) is 4.74 Å². The van der Waals surface area contributed by atoms with Crippen LogP contribution in [0.1, 0.15) is 15.9 Å². The number of carbonyl (C=O) groups excluding carboxylic acids is 2. The monoisotopic (exact) mass is 379 g/mol. The van der Waals surface area contributed by atoms with Crippen LogP contribution in [-0.4, -0.2) is 43.2 Å². The summed E-state index contributed by atoms with van der Waals surface area (Å²) in [5, 5.41) is 6.38. The molecule has 0 saturated heterocycles. The second kappa shape index (κ2) is 9.19. The lowest BCUT2D eigenvalue weighted by atomic mass is 10.0. The lowest BCUT2D eigenvalue weighted by Gasteiger charge is -2.18. The van der Waals surface area contributed by atoms with Gasteiger partial charge in [0.05, 0.1) is 6.61 Å². The molecule has 3 rings (SSSR count). The summed E-state index contributed by atoms with van der Waals surface area (Å²) in [6, 6.07) is 16.5. The van der Waals surface area contributed by atoms with Crippen LogP contribution in [0.3, 0.4) is 0 Å². The Morgan fingerprint density at radius 2 is 1.86 bits per heavy atom. The minimum absolute atomic E-state index is 0.220. The molecule has 2 amide bonds. The molecule has 2 aromatic carbocycles. The lowest BCUT2D eigenvalue weighted by molar-refractivity contribution is -0.122. The van der Waals surface area contributed by atoms with Crippen molar-refractivity contribution in [3.05, 3.63) is 71.9 Å². The van der Waals surface area contributed by atoms with Crippen molar-refractivity contribution in [1.29, 1.82) is 0 Å². The minimum atomic E-state index is -0.647. The van der Waals surface area contributed by atoms with Crippen molar-refractivity contribution in [2.24, 2.45) is 0 Å². The summed E-state index contributed by atoms with van der Waals surface area (Å²) < 4.78 is 7.20. The highest BCUT2D eigenvalue weighted by Gasteiger charge is 2.22. The van der Waals surface area contributed by atoms with Gasteiger partial charge in [0.1, 0.15) is 6.04 Å². The molecule has 1 aromatic heterocycles. The molecule has 0 radical (unpaired) electrons. The zero-order valence-corrected chi connectivity index (χ0v) is 16.1. The average Bonchev–Trinajstić information content (AvgIpc) is 3.15. The van der Waals surface area contributed by atoms with Crippen molar-refractivity contribution in [2.45, 2.75) is 19.0 Å². The number of nitrogens with one attached hydrogen (secondary N) is 2. The largest absolute Gasteiger partial charge is 0.383 e. The summed E-state index contributed by atoms with van der Waals surface area (Å²) in [7, 11) is 3.24. The van der Waals surface area contributed by atoms with E-state index in [2.05, 4.69) is 15.2 Å². The third-order valence-corrected chi connectivity index (χ3v) is 4.75.